The second-order valence-corrected chi connectivity index (χ2v) is 6.03. The van der Waals surface area contributed by atoms with Crippen LogP contribution in [0, 0.1) is 6.92 Å². The van der Waals surface area contributed by atoms with Crippen LogP contribution in [0.5, 0.6) is 11.5 Å². The van der Waals surface area contributed by atoms with Crippen LogP contribution in [0.25, 0.3) is 0 Å². The second-order valence-electron chi connectivity index (χ2n) is 6.03. The average Bonchev–Trinajstić information content (AvgIpc) is 2.97. The van der Waals surface area contributed by atoms with Gasteiger partial charge in [0, 0.05) is 37.8 Å². The molecule has 0 bridgehead atoms. The van der Waals surface area contributed by atoms with Crippen molar-refractivity contribution in [3.63, 3.8) is 0 Å². The highest BCUT2D eigenvalue weighted by Crippen LogP contribution is 2.35. The molecule has 1 aromatic rings. The van der Waals surface area contributed by atoms with Gasteiger partial charge in [-0.1, -0.05) is 0 Å². The zero-order valence-corrected chi connectivity index (χ0v) is 13.9. The third-order valence-electron chi connectivity index (χ3n) is 4.20. The molecule has 0 aliphatic carbocycles. The highest BCUT2D eigenvalue weighted by atomic mass is 16.6. The van der Waals surface area contributed by atoms with Crippen molar-refractivity contribution in [1.29, 1.82) is 0 Å². The minimum Gasteiger partial charge on any atom is -0.486 e. The average molecular weight is 333 g/mol. The highest BCUT2D eigenvalue weighted by Gasteiger charge is 2.19. The molecule has 0 radical (unpaired) electrons. The van der Waals surface area contributed by atoms with Gasteiger partial charge in [0.05, 0.1) is 0 Å². The lowest BCUT2D eigenvalue weighted by Crippen LogP contribution is -2.33. The van der Waals surface area contributed by atoms with Crippen molar-refractivity contribution in [3.8, 4) is 11.5 Å². The molecule has 7 nitrogen and oxygen atoms in total. The van der Waals surface area contributed by atoms with Crippen LogP contribution in [0.15, 0.2) is 12.1 Å². The minimum absolute atomic E-state index is 0.214. The first-order valence-electron chi connectivity index (χ1n) is 8.36. The topological polar surface area (TPSA) is 79.9 Å². The molecule has 130 valence electrons. The molecule has 0 atom stereocenters. The number of nitrogens with zero attached hydrogens (tertiary/aromatic N) is 1. The molecule has 0 unspecified atom stereocenters. The Bertz CT molecular complexity index is 633. The van der Waals surface area contributed by atoms with E-state index in [1.54, 1.807) is 6.07 Å². The molecule has 1 aromatic carbocycles. The van der Waals surface area contributed by atoms with Crippen molar-refractivity contribution in [1.82, 2.24) is 10.2 Å². The first-order chi connectivity index (χ1) is 11.6. The SMILES string of the molecule is Cc1cc2c(cc1NC(=O)NCCCN1CCCC1=O)OCCO2. The van der Waals surface area contributed by atoms with Crippen molar-refractivity contribution in [2.45, 2.75) is 26.2 Å². The minimum atomic E-state index is -0.262. The van der Waals surface area contributed by atoms with Gasteiger partial charge in [-0.15, -0.1) is 0 Å². The number of carbonyl (C=O) groups excluding carboxylic acids is 2. The lowest BCUT2D eigenvalue weighted by molar-refractivity contribution is -0.127. The van der Waals surface area contributed by atoms with Gasteiger partial charge in [-0.2, -0.15) is 0 Å². The van der Waals surface area contributed by atoms with Crippen molar-refractivity contribution in [3.05, 3.63) is 17.7 Å². The summed E-state index contributed by atoms with van der Waals surface area (Å²) in [6.07, 6.45) is 2.34. The first-order valence-corrected chi connectivity index (χ1v) is 8.36. The van der Waals surface area contributed by atoms with Crippen LogP contribution in [0.3, 0.4) is 0 Å². The van der Waals surface area contributed by atoms with Gasteiger partial charge >= 0.3 is 6.03 Å². The number of likely N-dealkylation sites (tertiary alicyclic amines) is 1. The molecule has 2 N–H and O–H groups in total. The maximum absolute atomic E-state index is 12.0. The number of amides is 3. The molecule has 0 saturated carbocycles. The highest BCUT2D eigenvalue weighted by molar-refractivity contribution is 5.90. The van der Waals surface area contributed by atoms with E-state index in [4.69, 9.17) is 9.47 Å². The fourth-order valence-corrected chi connectivity index (χ4v) is 2.90. The van der Waals surface area contributed by atoms with Crippen LogP contribution in [-0.4, -0.2) is 49.7 Å². The zero-order valence-electron chi connectivity index (χ0n) is 13.9. The molecular formula is C17H23N3O4. The van der Waals surface area contributed by atoms with Crippen molar-refractivity contribution in [2.24, 2.45) is 0 Å². The van der Waals surface area contributed by atoms with E-state index in [0.717, 1.165) is 24.9 Å². The summed E-state index contributed by atoms with van der Waals surface area (Å²) in [7, 11) is 0. The Hall–Kier alpha value is -2.44. The number of carbonyl (C=O) groups is 2. The normalized spacial score (nSPS) is 16.2. The van der Waals surface area contributed by atoms with Gasteiger partial charge in [0.25, 0.3) is 0 Å². The number of anilines is 1. The molecule has 0 aromatic heterocycles. The van der Waals surface area contributed by atoms with E-state index in [9.17, 15) is 9.59 Å². The van der Waals surface area contributed by atoms with Crippen molar-refractivity contribution >= 4 is 17.6 Å². The summed E-state index contributed by atoms with van der Waals surface area (Å²) in [5, 5.41) is 5.65. The van der Waals surface area contributed by atoms with Crippen LogP contribution < -0.4 is 20.1 Å². The first kappa shape index (κ1) is 16.4. The van der Waals surface area contributed by atoms with Crippen molar-refractivity contribution in [2.75, 3.05) is 38.2 Å². The Morgan fingerprint density at radius 1 is 1.25 bits per heavy atom. The fraction of sp³-hybridized carbons (Fsp3) is 0.529. The third kappa shape index (κ3) is 3.90. The molecule has 0 spiro atoms. The third-order valence-corrected chi connectivity index (χ3v) is 4.20. The second kappa shape index (κ2) is 7.42. The van der Waals surface area contributed by atoms with E-state index in [1.165, 1.54) is 0 Å². The van der Waals surface area contributed by atoms with Gasteiger partial charge in [0.1, 0.15) is 13.2 Å². The number of urea groups is 1. The Morgan fingerprint density at radius 3 is 2.71 bits per heavy atom. The Kier molecular flexibility index (Phi) is 5.08. The van der Waals surface area contributed by atoms with E-state index in [-0.39, 0.29) is 11.9 Å². The number of nitrogens with one attached hydrogen (secondary N) is 2. The largest absolute Gasteiger partial charge is 0.486 e. The fourth-order valence-electron chi connectivity index (χ4n) is 2.90. The molecule has 2 heterocycles. The van der Waals surface area contributed by atoms with Gasteiger partial charge in [0.15, 0.2) is 11.5 Å². The summed E-state index contributed by atoms with van der Waals surface area (Å²) in [5.74, 6) is 1.57. The number of fused-ring (bicyclic) bond motifs is 1. The van der Waals surface area contributed by atoms with E-state index in [1.807, 2.05) is 17.9 Å². The number of hydrogen-bond acceptors (Lipinski definition) is 4. The van der Waals surface area contributed by atoms with E-state index < -0.39 is 0 Å². The molecule has 2 aliphatic heterocycles. The Labute approximate surface area is 141 Å². The number of ether oxygens (including phenoxy) is 2. The number of aryl methyl sites for hydroxylation is 1. The molecule has 7 heteroatoms. The smallest absolute Gasteiger partial charge is 0.319 e. The standard InChI is InChI=1S/C17H23N3O4/c1-12-10-14-15(24-9-8-23-14)11-13(12)19-17(22)18-5-3-7-20-6-2-4-16(20)21/h10-11H,2-9H2,1H3,(H2,18,19,22). The maximum atomic E-state index is 12.0. The molecule has 1 fully saturated rings. The predicted octanol–water partition coefficient (Wildman–Crippen LogP) is 1.90. The monoisotopic (exact) mass is 333 g/mol. The van der Waals surface area contributed by atoms with E-state index >= 15 is 0 Å². The summed E-state index contributed by atoms with van der Waals surface area (Å²) in [6, 6.07) is 3.39. The van der Waals surface area contributed by atoms with Gasteiger partial charge < -0.3 is 25.0 Å². The lowest BCUT2D eigenvalue weighted by Gasteiger charge is -2.20. The van der Waals surface area contributed by atoms with Gasteiger partial charge in [-0.05, 0) is 31.4 Å². The molecule has 24 heavy (non-hydrogen) atoms. The van der Waals surface area contributed by atoms with Gasteiger partial charge in [-0.3, -0.25) is 4.79 Å². The van der Waals surface area contributed by atoms with Crippen molar-refractivity contribution < 1.29 is 19.1 Å². The molecule has 1 saturated heterocycles. The van der Waals surface area contributed by atoms with E-state index in [2.05, 4.69) is 10.6 Å². The van der Waals surface area contributed by atoms with E-state index in [0.29, 0.717) is 49.9 Å². The van der Waals surface area contributed by atoms with Gasteiger partial charge in [0.2, 0.25) is 5.91 Å². The summed E-state index contributed by atoms with van der Waals surface area (Å²) < 4.78 is 11.0. The number of rotatable bonds is 5. The maximum Gasteiger partial charge on any atom is 0.319 e. The molecule has 3 amide bonds. The predicted molar refractivity (Wildman–Crippen MR) is 89.6 cm³/mol. The quantitative estimate of drug-likeness (QED) is 0.807. The Balaban J connectivity index is 1.45. The molecule has 3 rings (SSSR count). The van der Waals surface area contributed by atoms with Crippen LogP contribution in [0.4, 0.5) is 10.5 Å². The van der Waals surface area contributed by atoms with Crippen LogP contribution in [-0.2, 0) is 4.79 Å². The molecule has 2 aliphatic rings. The summed E-state index contributed by atoms with van der Waals surface area (Å²) in [4.78, 5) is 25.4. The van der Waals surface area contributed by atoms with Crippen LogP contribution in [0.2, 0.25) is 0 Å². The van der Waals surface area contributed by atoms with Crippen LogP contribution in [0.1, 0.15) is 24.8 Å². The number of hydrogen-bond donors (Lipinski definition) is 2. The summed E-state index contributed by atoms with van der Waals surface area (Å²) in [6.45, 7) is 5.02. The summed E-state index contributed by atoms with van der Waals surface area (Å²) in [5.41, 5.74) is 1.61. The number of benzene rings is 1. The Morgan fingerprint density at radius 2 is 2.00 bits per heavy atom. The summed E-state index contributed by atoms with van der Waals surface area (Å²) >= 11 is 0. The van der Waals surface area contributed by atoms with Gasteiger partial charge in [-0.25, -0.2) is 4.79 Å². The zero-order chi connectivity index (χ0) is 16.9. The van der Waals surface area contributed by atoms with Crippen LogP contribution >= 0.6 is 0 Å². The molecular weight excluding hydrogens is 310 g/mol. The lowest BCUT2D eigenvalue weighted by atomic mass is 10.1.